The van der Waals surface area contributed by atoms with Crippen LogP contribution in [0.3, 0.4) is 0 Å². The van der Waals surface area contributed by atoms with Crippen molar-refractivity contribution in [2.45, 2.75) is 38.1 Å². The lowest BCUT2D eigenvalue weighted by atomic mass is 9.96. The van der Waals surface area contributed by atoms with Crippen LogP contribution in [-0.4, -0.2) is 62.8 Å². The molecule has 7 nitrogen and oxygen atoms in total. The van der Waals surface area contributed by atoms with Crippen molar-refractivity contribution in [3.05, 3.63) is 53.7 Å². The third kappa shape index (κ3) is 3.02. The minimum Gasteiger partial charge on any atom is -0.342 e. The fourth-order valence-corrected chi connectivity index (χ4v) is 5.49. The average molecular weight is 454 g/mol. The number of hydrogen-bond acceptors (Lipinski definition) is 4. The molecule has 172 valence electrons. The molecule has 2 aromatic carbocycles. The second-order valence-electron chi connectivity index (χ2n) is 10.4. The van der Waals surface area contributed by atoms with Crippen LogP contribution in [0.2, 0.25) is 0 Å². The predicted molar refractivity (Wildman–Crippen MR) is 129 cm³/mol. The summed E-state index contributed by atoms with van der Waals surface area (Å²) >= 11 is 0. The summed E-state index contributed by atoms with van der Waals surface area (Å²) in [6.45, 7) is 4.25. The molecule has 1 N–H and O–H groups in total. The van der Waals surface area contributed by atoms with Crippen LogP contribution >= 0.6 is 0 Å². The number of aliphatic imine (C=N–C) groups is 1. The molecule has 1 aromatic heterocycles. The van der Waals surface area contributed by atoms with Crippen molar-refractivity contribution in [1.29, 1.82) is 0 Å². The van der Waals surface area contributed by atoms with E-state index in [0.29, 0.717) is 18.4 Å². The van der Waals surface area contributed by atoms with Gasteiger partial charge in [0.15, 0.2) is 0 Å². The highest BCUT2D eigenvalue weighted by Crippen LogP contribution is 2.46. The number of amidine groups is 1. The Morgan fingerprint density at radius 1 is 1.15 bits per heavy atom. The van der Waals surface area contributed by atoms with Crippen LogP contribution in [-0.2, 0) is 9.59 Å². The number of rotatable bonds is 5. The maximum atomic E-state index is 13.3. The molecule has 0 unspecified atom stereocenters. The third-order valence-electron chi connectivity index (χ3n) is 7.84. The number of likely N-dealkylation sites (tertiary alicyclic amines) is 1. The topological polar surface area (TPSA) is 81.7 Å². The van der Waals surface area contributed by atoms with Crippen molar-refractivity contribution in [2.75, 3.05) is 19.6 Å². The molecule has 3 aromatic rings. The van der Waals surface area contributed by atoms with Gasteiger partial charge in [-0.3, -0.25) is 24.6 Å². The van der Waals surface area contributed by atoms with Crippen molar-refractivity contribution in [2.24, 2.45) is 16.8 Å². The standard InChI is InChI=1S/C27H27N5O2/c1-16-11-19(21-3-2-4-23-22(21)12-28-30-23)7-8-20(16)24-29-27(9-10-27)26(34)32(24)15-17-13-31(14-17)25(33)18-5-6-18/h2-4,7-8,11-12,17-18H,5-6,9-10,13-15H2,1H3,(H,28,30). The maximum absolute atomic E-state index is 13.3. The first-order chi connectivity index (χ1) is 16.5. The van der Waals surface area contributed by atoms with Gasteiger partial charge < -0.3 is 4.90 Å². The number of benzene rings is 2. The molecule has 1 spiro atoms. The zero-order valence-corrected chi connectivity index (χ0v) is 19.3. The molecule has 4 aliphatic rings. The van der Waals surface area contributed by atoms with Gasteiger partial charge in [-0.2, -0.15) is 5.10 Å². The minimum absolute atomic E-state index is 0.140. The van der Waals surface area contributed by atoms with Crippen LogP contribution in [0.15, 0.2) is 47.6 Å². The van der Waals surface area contributed by atoms with E-state index in [-0.39, 0.29) is 11.8 Å². The second-order valence-corrected chi connectivity index (χ2v) is 10.4. The summed E-state index contributed by atoms with van der Waals surface area (Å²) in [5.41, 5.74) is 4.86. The maximum Gasteiger partial charge on any atom is 0.256 e. The Morgan fingerprint density at radius 2 is 1.97 bits per heavy atom. The smallest absolute Gasteiger partial charge is 0.256 e. The van der Waals surface area contributed by atoms with Crippen molar-refractivity contribution in [1.82, 2.24) is 20.0 Å². The van der Waals surface area contributed by atoms with Gasteiger partial charge >= 0.3 is 0 Å². The van der Waals surface area contributed by atoms with Gasteiger partial charge in [0.25, 0.3) is 5.91 Å². The van der Waals surface area contributed by atoms with E-state index in [1.807, 2.05) is 28.1 Å². The second kappa shape index (κ2) is 7.01. The Kier molecular flexibility index (Phi) is 4.11. The van der Waals surface area contributed by atoms with E-state index in [0.717, 1.165) is 77.8 Å². The number of aromatic nitrogens is 2. The lowest BCUT2D eigenvalue weighted by molar-refractivity contribution is -0.139. The summed E-state index contributed by atoms with van der Waals surface area (Å²) in [5, 5.41) is 8.32. The lowest BCUT2D eigenvalue weighted by Gasteiger charge is -2.41. The van der Waals surface area contributed by atoms with E-state index in [4.69, 9.17) is 4.99 Å². The van der Waals surface area contributed by atoms with Gasteiger partial charge in [-0.1, -0.05) is 30.3 Å². The zero-order valence-electron chi connectivity index (χ0n) is 19.3. The van der Waals surface area contributed by atoms with Gasteiger partial charge in [0.1, 0.15) is 11.4 Å². The summed E-state index contributed by atoms with van der Waals surface area (Å²) < 4.78 is 0. The van der Waals surface area contributed by atoms with Crippen LogP contribution in [0.25, 0.3) is 22.0 Å². The summed E-state index contributed by atoms with van der Waals surface area (Å²) in [5.74, 6) is 1.83. The Labute approximate surface area is 197 Å². The Morgan fingerprint density at radius 3 is 2.71 bits per heavy atom. The number of carbonyl (C=O) groups is 2. The van der Waals surface area contributed by atoms with Gasteiger partial charge in [0.05, 0.1) is 11.7 Å². The number of aromatic amines is 1. The van der Waals surface area contributed by atoms with Crippen LogP contribution in [0.5, 0.6) is 0 Å². The van der Waals surface area contributed by atoms with Gasteiger partial charge in [-0.05, 0) is 55.4 Å². The fraction of sp³-hybridized carbons (Fsp3) is 0.407. The normalized spacial score (nSPS) is 21.3. The highest BCUT2D eigenvalue weighted by molar-refractivity contribution is 6.17. The van der Waals surface area contributed by atoms with E-state index in [2.05, 4.69) is 41.4 Å². The summed E-state index contributed by atoms with van der Waals surface area (Å²) in [6, 6.07) is 12.6. The first-order valence-electron chi connectivity index (χ1n) is 12.3. The summed E-state index contributed by atoms with van der Waals surface area (Å²) in [6.07, 6.45) is 5.61. The first-order valence-corrected chi connectivity index (χ1v) is 12.3. The molecule has 0 radical (unpaired) electrons. The molecule has 1 saturated heterocycles. The van der Waals surface area contributed by atoms with Crippen LogP contribution in [0.4, 0.5) is 0 Å². The Hall–Kier alpha value is -3.48. The van der Waals surface area contributed by atoms with E-state index in [1.54, 1.807) is 0 Å². The van der Waals surface area contributed by atoms with Gasteiger partial charge in [-0.15, -0.1) is 0 Å². The molecular formula is C27H27N5O2. The zero-order chi connectivity index (χ0) is 23.0. The SMILES string of the molecule is Cc1cc(-c2cccc3[nH]ncc23)ccc1C1=NC2(CC2)C(=O)N1CC1CN(C(=O)C2CC2)C1. The molecule has 2 aliphatic carbocycles. The molecule has 7 rings (SSSR count). The largest absolute Gasteiger partial charge is 0.342 e. The molecule has 2 aliphatic heterocycles. The molecule has 0 bridgehead atoms. The first kappa shape index (κ1) is 19.9. The number of H-pyrrole nitrogens is 1. The molecule has 34 heavy (non-hydrogen) atoms. The molecular weight excluding hydrogens is 426 g/mol. The van der Waals surface area contributed by atoms with Gasteiger partial charge in [-0.25, -0.2) is 0 Å². The number of amides is 2. The number of nitrogens with one attached hydrogen (secondary N) is 1. The van der Waals surface area contributed by atoms with Crippen LogP contribution < -0.4 is 0 Å². The molecule has 2 amide bonds. The highest BCUT2D eigenvalue weighted by atomic mass is 16.2. The van der Waals surface area contributed by atoms with E-state index < -0.39 is 5.54 Å². The van der Waals surface area contributed by atoms with E-state index in [1.165, 1.54) is 0 Å². The summed E-state index contributed by atoms with van der Waals surface area (Å²) in [7, 11) is 0. The number of carbonyl (C=O) groups excluding carboxylic acids is 2. The van der Waals surface area contributed by atoms with Gasteiger partial charge in [0, 0.05) is 42.4 Å². The lowest BCUT2D eigenvalue weighted by Crippen LogP contribution is -2.55. The van der Waals surface area contributed by atoms with Crippen LogP contribution in [0.1, 0.15) is 36.8 Å². The number of nitrogens with zero attached hydrogens (tertiary/aromatic N) is 4. The minimum atomic E-state index is -0.532. The fourth-order valence-electron chi connectivity index (χ4n) is 5.49. The highest BCUT2D eigenvalue weighted by Gasteiger charge is 2.58. The molecule has 0 atom stereocenters. The molecule has 7 heteroatoms. The van der Waals surface area contributed by atoms with E-state index in [9.17, 15) is 9.59 Å². The van der Waals surface area contributed by atoms with Crippen molar-refractivity contribution in [3.63, 3.8) is 0 Å². The average Bonchev–Trinajstić information content (AvgIpc) is 3.72. The molecule has 2 saturated carbocycles. The van der Waals surface area contributed by atoms with Crippen molar-refractivity contribution < 1.29 is 9.59 Å². The van der Waals surface area contributed by atoms with Crippen LogP contribution in [0, 0.1) is 18.8 Å². The number of aryl methyl sites for hydroxylation is 1. The quantitative estimate of drug-likeness (QED) is 0.642. The van der Waals surface area contributed by atoms with Gasteiger partial charge in [0.2, 0.25) is 5.91 Å². The molecule has 3 fully saturated rings. The number of fused-ring (bicyclic) bond motifs is 1. The van der Waals surface area contributed by atoms with Crippen molar-refractivity contribution in [3.8, 4) is 11.1 Å². The monoisotopic (exact) mass is 453 g/mol. The van der Waals surface area contributed by atoms with E-state index >= 15 is 0 Å². The summed E-state index contributed by atoms with van der Waals surface area (Å²) in [4.78, 5) is 34.5. The third-order valence-corrected chi connectivity index (χ3v) is 7.84. The number of hydrogen-bond donors (Lipinski definition) is 1. The Bertz CT molecular complexity index is 1370. The van der Waals surface area contributed by atoms with Crippen molar-refractivity contribution >= 4 is 28.6 Å². The molecule has 3 heterocycles. The predicted octanol–water partition coefficient (Wildman–Crippen LogP) is 3.53. The Balaban J connectivity index is 1.16.